The number of hydrogen-bond donors (Lipinski definition) is 5. The monoisotopic (exact) mass is 800 g/mol. The van der Waals surface area contributed by atoms with E-state index in [1.807, 2.05) is 7.05 Å². The molecule has 0 aliphatic carbocycles. The second-order valence-electron chi connectivity index (χ2n) is 13.9. The van der Waals surface area contributed by atoms with Gasteiger partial charge in [-0.3, -0.25) is 14.4 Å². The zero-order valence-electron chi connectivity index (χ0n) is 32.9. The first-order valence-corrected chi connectivity index (χ1v) is 17.4. The van der Waals surface area contributed by atoms with Gasteiger partial charge in [0.15, 0.2) is 0 Å². The summed E-state index contributed by atoms with van der Waals surface area (Å²) in [6, 6.07) is 0. The summed E-state index contributed by atoms with van der Waals surface area (Å²) in [5.74, 6) is -1.38. The Hall–Kier alpha value is -4.39. The highest BCUT2D eigenvalue weighted by Crippen LogP contribution is 2.11. The Morgan fingerprint density at radius 3 is 1.40 bits per heavy atom. The molecule has 5 amide bonds. The Morgan fingerprint density at radius 2 is 1.00 bits per heavy atom. The van der Waals surface area contributed by atoms with Crippen molar-refractivity contribution in [3.63, 3.8) is 0 Å². The zero-order chi connectivity index (χ0) is 42.6. The average Bonchev–Trinajstić information content (AvgIpc) is 3.04. The SMILES string of the molecule is C#CCOCCOCCOCC(=O)NCC[N+](C)(CCC(=O)NCCNC(=O)OC(C)(C)C)CCC(=O)NCCNC(=O)OC(C)(C)C.O=C([O-])C(F)(F)F. The maximum absolute atomic E-state index is 12.6. The van der Waals surface area contributed by atoms with Crippen molar-refractivity contribution in [2.45, 2.75) is 71.8 Å². The van der Waals surface area contributed by atoms with Gasteiger partial charge in [-0.25, -0.2) is 9.59 Å². The Morgan fingerprint density at radius 1 is 0.618 bits per heavy atom. The number of alkyl carbamates (subject to hydrolysis) is 2. The first-order valence-electron chi connectivity index (χ1n) is 17.4. The number of rotatable bonds is 24. The van der Waals surface area contributed by atoms with Crippen LogP contribution in [0.2, 0.25) is 0 Å². The number of likely N-dealkylation sites (N-methyl/N-ethyl adjacent to an activating group) is 1. The lowest BCUT2D eigenvalue weighted by Gasteiger charge is -2.34. The highest BCUT2D eigenvalue weighted by atomic mass is 19.4. The number of carboxylic acid groups (broad SMARTS) is 1. The molecule has 0 fully saturated rings. The predicted octanol–water partition coefficient (Wildman–Crippen LogP) is -0.407. The molecule has 0 radical (unpaired) electrons. The normalized spacial score (nSPS) is 11.5. The van der Waals surface area contributed by atoms with Gasteiger partial charge in [0.05, 0.1) is 72.5 Å². The lowest BCUT2D eigenvalue weighted by molar-refractivity contribution is -0.907. The van der Waals surface area contributed by atoms with Crippen molar-refractivity contribution in [2.24, 2.45) is 0 Å². The standard InChI is InChI=1S/C32H58N6O10.C2HF3O2/c1-9-20-44-21-22-45-23-24-46-25-28(41)35-16-19-38(8,17-10-26(39)33-12-14-36-29(42)47-31(2,3)4)18-11-27(40)34-13-15-37-30(43)48-32(5,6)7;3-2(4,5)1(6)7/h1H,10-25H2,2-8H3,(H4-,33,34,35,36,37,39,40,41,42,43);(H,6,7). The molecule has 0 saturated carbocycles. The van der Waals surface area contributed by atoms with Crippen molar-refractivity contribution in [1.29, 1.82) is 0 Å². The lowest BCUT2D eigenvalue weighted by Crippen LogP contribution is -2.52. The van der Waals surface area contributed by atoms with Gasteiger partial charge in [-0.05, 0) is 41.5 Å². The number of terminal acetylenes is 1. The minimum absolute atomic E-state index is 0.139. The fraction of sp³-hybridized carbons (Fsp3) is 0.765. The third-order valence-corrected chi connectivity index (χ3v) is 6.36. The number of carbonyl (C=O) groups excluding carboxylic acids is 6. The predicted molar refractivity (Wildman–Crippen MR) is 190 cm³/mol. The number of nitrogens with one attached hydrogen (secondary N) is 5. The summed E-state index contributed by atoms with van der Waals surface area (Å²) in [7, 11) is 1.90. The molecule has 0 aromatic heterocycles. The quantitative estimate of drug-likeness (QED) is 0.0477. The van der Waals surface area contributed by atoms with Crippen LogP contribution in [0.5, 0.6) is 0 Å². The van der Waals surface area contributed by atoms with Crippen LogP contribution in [0.1, 0.15) is 54.4 Å². The third-order valence-electron chi connectivity index (χ3n) is 6.36. The summed E-state index contributed by atoms with van der Waals surface area (Å²) >= 11 is 0. The van der Waals surface area contributed by atoms with Crippen LogP contribution in [0.25, 0.3) is 0 Å². The van der Waals surface area contributed by atoms with Crippen molar-refractivity contribution in [2.75, 3.05) is 99.0 Å². The van der Waals surface area contributed by atoms with Crippen LogP contribution in [0.4, 0.5) is 22.8 Å². The molecule has 21 heteroatoms. The smallest absolute Gasteiger partial charge is 0.430 e. The molecule has 55 heavy (non-hydrogen) atoms. The van der Waals surface area contributed by atoms with Crippen LogP contribution in [0, 0.1) is 12.3 Å². The molecule has 0 saturated heterocycles. The van der Waals surface area contributed by atoms with Gasteiger partial charge in [0, 0.05) is 26.2 Å². The fourth-order valence-electron chi connectivity index (χ4n) is 3.77. The van der Waals surface area contributed by atoms with Gasteiger partial charge in [0.25, 0.3) is 0 Å². The summed E-state index contributed by atoms with van der Waals surface area (Å²) in [6.45, 7) is 14.3. The van der Waals surface area contributed by atoms with Gasteiger partial charge in [-0.1, -0.05) is 5.92 Å². The maximum atomic E-state index is 12.6. The Bertz CT molecular complexity index is 1170. The van der Waals surface area contributed by atoms with Crippen LogP contribution in [-0.4, -0.2) is 157 Å². The Labute approximate surface area is 320 Å². The molecule has 318 valence electrons. The first-order chi connectivity index (χ1) is 25.4. The molecule has 0 spiro atoms. The number of nitrogens with zero attached hydrogens (tertiary/aromatic N) is 1. The van der Waals surface area contributed by atoms with E-state index in [4.69, 9.17) is 40.0 Å². The number of carboxylic acids is 1. The summed E-state index contributed by atoms with van der Waals surface area (Å²) < 4.78 is 58.0. The Balaban J connectivity index is 0. The van der Waals surface area contributed by atoms with Crippen molar-refractivity contribution in [3.05, 3.63) is 0 Å². The lowest BCUT2D eigenvalue weighted by atomic mass is 10.2. The fourth-order valence-corrected chi connectivity index (χ4v) is 3.77. The number of amides is 5. The molecule has 0 aliphatic heterocycles. The van der Waals surface area contributed by atoms with E-state index in [0.29, 0.717) is 50.5 Å². The number of ether oxygens (including phenoxy) is 5. The van der Waals surface area contributed by atoms with E-state index in [2.05, 4.69) is 32.5 Å². The number of quaternary nitrogens is 1. The number of hydrogen-bond acceptors (Lipinski definition) is 12. The van der Waals surface area contributed by atoms with Crippen LogP contribution in [0.15, 0.2) is 0 Å². The van der Waals surface area contributed by atoms with E-state index in [1.54, 1.807) is 41.5 Å². The Kier molecular flexibility index (Phi) is 26.9. The van der Waals surface area contributed by atoms with Crippen molar-refractivity contribution >= 4 is 35.9 Å². The number of alkyl halides is 3. The second-order valence-corrected chi connectivity index (χ2v) is 13.9. The van der Waals surface area contributed by atoms with E-state index in [1.165, 1.54) is 0 Å². The van der Waals surface area contributed by atoms with E-state index in [9.17, 15) is 37.1 Å². The highest BCUT2D eigenvalue weighted by molar-refractivity contribution is 5.77. The van der Waals surface area contributed by atoms with Gasteiger partial charge < -0.3 is 64.7 Å². The van der Waals surface area contributed by atoms with Gasteiger partial charge in [-0.15, -0.1) is 6.42 Å². The topological polar surface area (TPSA) is 232 Å². The van der Waals surface area contributed by atoms with Crippen LogP contribution >= 0.6 is 0 Å². The molecule has 0 bridgehead atoms. The summed E-state index contributed by atoms with van der Waals surface area (Å²) in [4.78, 5) is 69.7. The largest absolute Gasteiger partial charge is 0.542 e. The summed E-state index contributed by atoms with van der Waals surface area (Å²) in [5.41, 5.74) is -1.24. The van der Waals surface area contributed by atoms with E-state index < -0.39 is 35.5 Å². The van der Waals surface area contributed by atoms with Crippen molar-refractivity contribution in [1.82, 2.24) is 26.6 Å². The van der Waals surface area contributed by atoms with Gasteiger partial charge in [-0.2, -0.15) is 13.2 Å². The van der Waals surface area contributed by atoms with Crippen molar-refractivity contribution in [3.8, 4) is 12.3 Å². The summed E-state index contributed by atoms with van der Waals surface area (Å²) in [5, 5.41) is 22.3. The van der Waals surface area contributed by atoms with E-state index >= 15 is 0 Å². The molecule has 0 aliphatic rings. The van der Waals surface area contributed by atoms with Gasteiger partial charge in [0.1, 0.15) is 30.4 Å². The van der Waals surface area contributed by atoms with Crippen LogP contribution < -0.4 is 31.7 Å². The molecule has 0 aromatic rings. The number of carbonyl (C=O) groups is 6. The molecule has 18 nitrogen and oxygen atoms in total. The molecule has 0 heterocycles. The molecule has 5 N–H and O–H groups in total. The average molecular weight is 801 g/mol. The molecular weight excluding hydrogens is 741 g/mol. The van der Waals surface area contributed by atoms with E-state index in [0.717, 1.165) is 0 Å². The first kappa shape index (κ1) is 52.7. The second kappa shape index (κ2) is 28.1. The molecule has 0 unspecified atom stereocenters. The maximum Gasteiger partial charge on any atom is 0.430 e. The molecule has 0 aromatic carbocycles. The molecular formula is C34H59F3N6O12. The number of halogens is 3. The third kappa shape index (κ3) is 36.4. The van der Waals surface area contributed by atoms with Gasteiger partial charge in [0.2, 0.25) is 17.7 Å². The minimum Gasteiger partial charge on any atom is -0.542 e. The highest BCUT2D eigenvalue weighted by Gasteiger charge is 2.29. The van der Waals surface area contributed by atoms with Gasteiger partial charge >= 0.3 is 18.4 Å². The van der Waals surface area contributed by atoms with Crippen LogP contribution in [0.3, 0.4) is 0 Å². The zero-order valence-corrected chi connectivity index (χ0v) is 32.9. The van der Waals surface area contributed by atoms with Crippen molar-refractivity contribution < 1.29 is 75.2 Å². The number of aliphatic carboxylic acids is 1. The molecule has 0 rings (SSSR count). The van der Waals surface area contributed by atoms with E-state index in [-0.39, 0.29) is 76.6 Å². The molecule has 0 atom stereocenters. The minimum atomic E-state index is -5.19. The summed E-state index contributed by atoms with van der Waals surface area (Å²) in [6.07, 6.45) is -0.907. The van der Waals surface area contributed by atoms with Crippen LogP contribution in [-0.2, 0) is 42.9 Å².